The van der Waals surface area contributed by atoms with E-state index in [9.17, 15) is 9.59 Å². The maximum absolute atomic E-state index is 12.5. The third-order valence-electron chi connectivity index (χ3n) is 4.17. The third-order valence-corrected chi connectivity index (χ3v) is 4.17. The number of allylic oxidation sites excluding steroid dienone is 3. The van der Waals surface area contributed by atoms with Gasteiger partial charge in [-0.3, -0.25) is 4.79 Å². The maximum Gasteiger partial charge on any atom is 0.383 e. The summed E-state index contributed by atoms with van der Waals surface area (Å²) in [5, 5.41) is 0.388. The first-order chi connectivity index (χ1) is 14.2. The summed E-state index contributed by atoms with van der Waals surface area (Å²) in [6.07, 6.45) is 5.76. The summed E-state index contributed by atoms with van der Waals surface area (Å²) < 4.78 is 22.4. The van der Waals surface area contributed by atoms with Gasteiger partial charge in [-0.1, -0.05) is 23.3 Å². The van der Waals surface area contributed by atoms with Crippen LogP contribution in [-0.2, 0) is 4.79 Å². The van der Waals surface area contributed by atoms with Gasteiger partial charge >= 0.3 is 11.6 Å². The summed E-state index contributed by atoms with van der Waals surface area (Å²) >= 11 is 0. The Morgan fingerprint density at radius 2 is 1.83 bits per heavy atom. The number of carbonyl (C=O) groups excluding carboxylic acids is 1. The lowest BCUT2D eigenvalue weighted by Gasteiger charge is -2.16. The molecule has 0 fully saturated rings. The van der Waals surface area contributed by atoms with Gasteiger partial charge in [-0.25, -0.2) is 4.79 Å². The fraction of sp³-hybridized carbons (Fsp3) is 0.417. The number of ether oxygens (including phenoxy) is 3. The Bertz CT molecular complexity index is 1010. The Morgan fingerprint density at radius 1 is 1.10 bits per heavy atom. The summed E-state index contributed by atoms with van der Waals surface area (Å²) in [5.41, 5.74) is 2.07. The highest BCUT2D eigenvalue weighted by Gasteiger charge is 2.22. The van der Waals surface area contributed by atoms with Crippen LogP contribution in [0.1, 0.15) is 54.4 Å². The molecule has 6 nitrogen and oxygen atoms in total. The lowest BCUT2D eigenvalue weighted by Crippen LogP contribution is -2.16. The molecule has 30 heavy (non-hydrogen) atoms. The first-order valence-electron chi connectivity index (χ1n) is 10.1. The van der Waals surface area contributed by atoms with Crippen LogP contribution in [0.4, 0.5) is 0 Å². The van der Waals surface area contributed by atoms with E-state index in [1.807, 2.05) is 13.0 Å². The second-order valence-corrected chi connectivity index (χ2v) is 7.62. The van der Waals surface area contributed by atoms with Crippen molar-refractivity contribution in [2.75, 3.05) is 6.61 Å². The van der Waals surface area contributed by atoms with Gasteiger partial charge in [0.2, 0.25) is 5.75 Å². The van der Waals surface area contributed by atoms with Gasteiger partial charge in [0.1, 0.15) is 23.3 Å². The molecule has 0 aliphatic rings. The minimum atomic E-state index is -0.643. The smallest absolute Gasteiger partial charge is 0.383 e. The van der Waals surface area contributed by atoms with Gasteiger partial charge in [0.25, 0.3) is 0 Å². The fourth-order valence-electron chi connectivity index (χ4n) is 2.85. The van der Waals surface area contributed by atoms with Crippen LogP contribution in [-0.4, -0.2) is 18.7 Å². The lowest BCUT2D eigenvalue weighted by molar-refractivity contribution is -0.131. The van der Waals surface area contributed by atoms with Crippen molar-refractivity contribution in [2.45, 2.75) is 60.5 Å². The fourth-order valence-corrected chi connectivity index (χ4v) is 2.85. The van der Waals surface area contributed by atoms with Crippen molar-refractivity contribution in [1.82, 2.24) is 0 Å². The molecule has 0 radical (unpaired) electrons. The predicted molar refractivity (Wildman–Crippen MR) is 117 cm³/mol. The zero-order valence-corrected chi connectivity index (χ0v) is 18.5. The molecule has 0 bridgehead atoms. The molecule has 0 aliphatic carbocycles. The Morgan fingerprint density at radius 3 is 2.47 bits per heavy atom. The molecule has 2 rings (SSSR count). The van der Waals surface area contributed by atoms with Gasteiger partial charge < -0.3 is 18.6 Å². The van der Waals surface area contributed by atoms with Gasteiger partial charge in [-0.05, 0) is 65.7 Å². The summed E-state index contributed by atoms with van der Waals surface area (Å²) in [6.45, 7) is 11.3. The first-order valence-corrected chi connectivity index (χ1v) is 10.1. The number of hydrogen-bond donors (Lipinski definition) is 0. The second-order valence-electron chi connectivity index (χ2n) is 7.62. The second kappa shape index (κ2) is 10.7. The van der Waals surface area contributed by atoms with Gasteiger partial charge in [-0.15, -0.1) is 0 Å². The van der Waals surface area contributed by atoms with E-state index in [0.29, 0.717) is 5.39 Å². The van der Waals surface area contributed by atoms with Crippen molar-refractivity contribution < 1.29 is 23.4 Å². The zero-order chi connectivity index (χ0) is 22.3. The number of benzene rings is 1. The van der Waals surface area contributed by atoms with E-state index in [-0.39, 0.29) is 35.5 Å². The number of rotatable bonds is 9. The minimum Gasteiger partial charge on any atom is -0.484 e. The predicted octanol–water partition coefficient (Wildman–Crippen LogP) is 5.58. The molecule has 1 aromatic carbocycles. The molecule has 0 N–H and O–H groups in total. The van der Waals surface area contributed by atoms with Crippen LogP contribution in [0, 0.1) is 0 Å². The molecule has 1 heterocycles. The number of fused-ring (bicyclic) bond motifs is 1. The number of esters is 1. The molecule has 162 valence electrons. The highest BCUT2D eigenvalue weighted by Crippen LogP contribution is 2.39. The van der Waals surface area contributed by atoms with Gasteiger partial charge in [0, 0.05) is 6.92 Å². The van der Waals surface area contributed by atoms with Crippen molar-refractivity contribution in [3.8, 4) is 17.2 Å². The van der Waals surface area contributed by atoms with Crippen LogP contribution in [0.5, 0.6) is 17.2 Å². The topological polar surface area (TPSA) is 75.0 Å². The van der Waals surface area contributed by atoms with E-state index >= 15 is 0 Å². The van der Waals surface area contributed by atoms with Crippen molar-refractivity contribution in [1.29, 1.82) is 0 Å². The maximum atomic E-state index is 12.5. The highest BCUT2D eigenvalue weighted by molar-refractivity contribution is 5.93. The number of carbonyl (C=O) groups is 1. The molecular weight excluding hydrogens is 384 g/mol. The molecule has 1 aromatic heterocycles. The molecular formula is C24H30O6. The van der Waals surface area contributed by atoms with Crippen LogP contribution >= 0.6 is 0 Å². The summed E-state index contributed by atoms with van der Waals surface area (Å²) in [7, 11) is 0. The third kappa shape index (κ3) is 6.51. The monoisotopic (exact) mass is 414 g/mol. The van der Waals surface area contributed by atoms with Crippen molar-refractivity contribution >= 4 is 16.9 Å². The molecule has 0 spiro atoms. The largest absolute Gasteiger partial charge is 0.484 e. The standard InChI is InChI=1S/C24H30O6/c1-15(2)9-7-10-17(5)13-14-27-22-21-19(29-18(6)25)11-8-12-20(21)30-24(26)23(22)28-16(3)4/h8-9,11-13,16H,7,10,14H2,1-6H3/b17-13+. The summed E-state index contributed by atoms with van der Waals surface area (Å²) in [5.74, 6) is -0.0644. The Balaban J connectivity index is 2.44. The molecule has 0 saturated heterocycles. The average molecular weight is 414 g/mol. The molecule has 6 heteroatoms. The van der Waals surface area contributed by atoms with E-state index in [0.717, 1.165) is 12.8 Å². The Hall–Kier alpha value is -3.02. The SMILES string of the molecule is CC(=O)Oc1cccc2oc(=O)c(OC(C)C)c(OC/C=C(\C)CCC=C(C)C)c12. The zero-order valence-electron chi connectivity index (χ0n) is 18.5. The van der Waals surface area contributed by atoms with E-state index < -0.39 is 11.6 Å². The number of hydrogen-bond acceptors (Lipinski definition) is 6. The van der Waals surface area contributed by atoms with Crippen LogP contribution in [0.25, 0.3) is 11.0 Å². The van der Waals surface area contributed by atoms with Crippen LogP contribution in [0.3, 0.4) is 0 Å². The summed E-state index contributed by atoms with van der Waals surface area (Å²) in [4.78, 5) is 24.1. The molecule has 0 aliphatic heterocycles. The molecule has 0 amide bonds. The van der Waals surface area contributed by atoms with E-state index in [2.05, 4.69) is 19.9 Å². The molecule has 0 saturated carbocycles. The Labute approximate surface area is 177 Å². The van der Waals surface area contributed by atoms with Crippen LogP contribution < -0.4 is 19.8 Å². The van der Waals surface area contributed by atoms with Crippen molar-refractivity contribution in [3.05, 3.63) is 51.9 Å². The average Bonchev–Trinajstić information content (AvgIpc) is 2.63. The van der Waals surface area contributed by atoms with E-state index in [4.69, 9.17) is 18.6 Å². The molecule has 0 atom stereocenters. The summed E-state index contributed by atoms with van der Waals surface area (Å²) in [6, 6.07) is 4.89. The normalized spacial score (nSPS) is 11.5. The lowest BCUT2D eigenvalue weighted by atomic mass is 10.1. The van der Waals surface area contributed by atoms with Crippen molar-refractivity contribution in [3.63, 3.8) is 0 Å². The van der Waals surface area contributed by atoms with E-state index in [1.165, 1.54) is 18.1 Å². The van der Waals surface area contributed by atoms with E-state index in [1.54, 1.807) is 32.0 Å². The first kappa shape index (κ1) is 23.3. The molecule has 0 unspecified atom stereocenters. The Kier molecular flexibility index (Phi) is 8.27. The van der Waals surface area contributed by atoms with Gasteiger partial charge in [-0.2, -0.15) is 0 Å². The quantitative estimate of drug-likeness (QED) is 0.231. The minimum absolute atomic E-state index is 0.0345. The van der Waals surface area contributed by atoms with Crippen LogP contribution in [0.15, 0.2) is 50.7 Å². The van der Waals surface area contributed by atoms with Crippen LogP contribution in [0.2, 0.25) is 0 Å². The molecule has 2 aromatic rings. The highest BCUT2D eigenvalue weighted by atomic mass is 16.5. The van der Waals surface area contributed by atoms with Gasteiger partial charge in [0.15, 0.2) is 5.75 Å². The van der Waals surface area contributed by atoms with Gasteiger partial charge in [0.05, 0.1) is 6.10 Å². The van der Waals surface area contributed by atoms with Crippen molar-refractivity contribution in [2.24, 2.45) is 0 Å².